The van der Waals surface area contributed by atoms with Crippen LogP contribution < -0.4 is 15.4 Å². The molecule has 2 heterocycles. The summed E-state index contributed by atoms with van der Waals surface area (Å²) in [5, 5.41) is 16.3. The van der Waals surface area contributed by atoms with Crippen LogP contribution in [0.3, 0.4) is 0 Å². The van der Waals surface area contributed by atoms with Gasteiger partial charge in [-0.15, -0.1) is 0 Å². The SMILES string of the molecule is CC1CCCC(Nc2nccc(C(C#N)=C3Nc4ccccc4O3)n2)C1C. The lowest BCUT2D eigenvalue weighted by Gasteiger charge is -2.34. The zero-order valence-electron chi connectivity index (χ0n) is 15.6. The minimum atomic E-state index is 0.354. The number of rotatable bonds is 3. The Morgan fingerprint density at radius 2 is 2.11 bits per heavy atom. The molecule has 3 atom stereocenters. The van der Waals surface area contributed by atoms with Crippen LogP contribution in [0.2, 0.25) is 0 Å². The number of nitrogens with one attached hydrogen (secondary N) is 2. The molecule has 27 heavy (non-hydrogen) atoms. The summed E-state index contributed by atoms with van der Waals surface area (Å²) in [6.45, 7) is 4.58. The topological polar surface area (TPSA) is 82.9 Å². The molecule has 1 saturated carbocycles. The van der Waals surface area contributed by atoms with E-state index in [-0.39, 0.29) is 0 Å². The van der Waals surface area contributed by atoms with E-state index in [0.717, 1.165) is 12.1 Å². The van der Waals surface area contributed by atoms with Crippen LogP contribution in [0.25, 0.3) is 5.57 Å². The van der Waals surface area contributed by atoms with Gasteiger partial charge < -0.3 is 15.4 Å². The molecule has 2 aromatic rings. The van der Waals surface area contributed by atoms with Crippen molar-refractivity contribution >= 4 is 17.2 Å². The molecule has 0 saturated heterocycles. The molecule has 2 N–H and O–H groups in total. The fourth-order valence-corrected chi connectivity index (χ4v) is 3.77. The first kappa shape index (κ1) is 17.3. The largest absolute Gasteiger partial charge is 0.437 e. The molecule has 1 aromatic heterocycles. The molecule has 0 bridgehead atoms. The Balaban J connectivity index is 1.58. The van der Waals surface area contributed by atoms with E-state index < -0.39 is 0 Å². The summed E-state index contributed by atoms with van der Waals surface area (Å²) in [4.78, 5) is 8.94. The van der Waals surface area contributed by atoms with Crippen LogP contribution in [0.5, 0.6) is 5.75 Å². The number of nitrogens with zero attached hydrogens (tertiary/aromatic N) is 3. The normalized spacial score (nSPS) is 25.6. The molecular weight excluding hydrogens is 338 g/mol. The Labute approximate surface area is 159 Å². The van der Waals surface area contributed by atoms with Crippen molar-refractivity contribution in [2.24, 2.45) is 11.8 Å². The maximum absolute atomic E-state index is 9.70. The molecule has 138 valence electrons. The van der Waals surface area contributed by atoms with Crippen LogP contribution in [0.4, 0.5) is 11.6 Å². The maximum atomic E-state index is 9.70. The Hall–Kier alpha value is -3.07. The van der Waals surface area contributed by atoms with E-state index in [0.29, 0.717) is 46.7 Å². The molecule has 0 spiro atoms. The number of nitriles is 1. The third-order valence-corrected chi connectivity index (χ3v) is 5.62. The summed E-state index contributed by atoms with van der Waals surface area (Å²) < 4.78 is 5.80. The van der Waals surface area contributed by atoms with E-state index in [1.165, 1.54) is 12.8 Å². The molecule has 6 heteroatoms. The molecule has 4 rings (SSSR count). The highest BCUT2D eigenvalue weighted by Crippen LogP contribution is 2.35. The number of ether oxygens (including phenoxy) is 1. The summed E-state index contributed by atoms with van der Waals surface area (Å²) in [6.07, 6.45) is 5.29. The second kappa shape index (κ2) is 7.28. The van der Waals surface area contributed by atoms with Crippen molar-refractivity contribution in [3.05, 3.63) is 48.1 Å². The zero-order valence-corrected chi connectivity index (χ0v) is 15.6. The van der Waals surface area contributed by atoms with E-state index in [1.807, 2.05) is 24.3 Å². The molecular formula is C21H23N5O. The third kappa shape index (κ3) is 3.45. The van der Waals surface area contributed by atoms with E-state index in [4.69, 9.17) is 4.74 Å². The summed E-state index contributed by atoms with van der Waals surface area (Å²) in [7, 11) is 0. The van der Waals surface area contributed by atoms with Gasteiger partial charge in [-0.05, 0) is 36.5 Å². The van der Waals surface area contributed by atoms with Gasteiger partial charge in [-0.1, -0.05) is 38.8 Å². The van der Waals surface area contributed by atoms with Crippen LogP contribution in [0.15, 0.2) is 42.4 Å². The van der Waals surface area contributed by atoms with Crippen LogP contribution in [0.1, 0.15) is 38.8 Å². The number of hydrogen-bond acceptors (Lipinski definition) is 6. The average molecular weight is 361 g/mol. The number of allylic oxidation sites excluding steroid dienone is 1. The average Bonchev–Trinajstić information content (AvgIpc) is 3.10. The quantitative estimate of drug-likeness (QED) is 0.788. The van der Waals surface area contributed by atoms with Gasteiger partial charge in [0.1, 0.15) is 11.6 Å². The number of aromatic nitrogens is 2. The van der Waals surface area contributed by atoms with Crippen molar-refractivity contribution in [3.63, 3.8) is 0 Å². The highest BCUT2D eigenvalue weighted by molar-refractivity contribution is 5.81. The van der Waals surface area contributed by atoms with Gasteiger partial charge in [0.25, 0.3) is 0 Å². The van der Waals surface area contributed by atoms with Crippen LogP contribution in [0, 0.1) is 23.2 Å². The monoisotopic (exact) mass is 361 g/mol. The van der Waals surface area contributed by atoms with Gasteiger partial charge in [0, 0.05) is 12.2 Å². The first-order chi connectivity index (χ1) is 13.2. The first-order valence-electron chi connectivity index (χ1n) is 9.44. The summed E-state index contributed by atoms with van der Waals surface area (Å²) in [6, 6.07) is 11.9. The standard InChI is InChI=1S/C21H23N5O/c1-13-6-5-8-16(14(13)2)25-21-23-11-10-17(26-21)15(12-22)20-24-18-7-3-4-9-19(18)27-20/h3-4,7,9-11,13-14,16,24H,5-6,8H2,1-2H3,(H,23,25,26). The van der Waals surface area contributed by atoms with Crippen LogP contribution >= 0.6 is 0 Å². The smallest absolute Gasteiger partial charge is 0.223 e. The van der Waals surface area contributed by atoms with Gasteiger partial charge in [-0.3, -0.25) is 0 Å². The van der Waals surface area contributed by atoms with Gasteiger partial charge in [0.05, 0.1) is 11.4 Å². The zero-order chi connectivity index (χ0) is 18.8. The summed E-state index contributed by atoms with van der Waals surface area (Å²) in [5.74, 6) is 2.92. The summed E-state index contributed by atoms with van der Waals surface area (Å²) in [5.41, 5.74) is 1.75. The van der Waals surface area contributed by atoms with E-state index in [9.17, 15) is 5.26 Å². The van der Waals surface area contributed by atoms with Crippen molar-refractivity contribution in [1.29, 1.82) is 5.26 Å². The molecule has 3 unspecified atom stereocenters. The van der Waals surface area contributed by atoms with Crippen molar-refractivity contribution in [2.75, 3.05) is 10.6 Å². The molecule has 1 aliphatic carbocycles. The lowest BCUT2D eigenvalue weighted by atomic mass is 9.78. The Morgan fingerprint density at radius 1 is 1.26 bits per heavy atom. The van der Waals surface area contributed by atoms with Crippen molar-refractivity contribution in [2.45, 2.75) is 39.2 Å². The number of para-hydroxylation sites is 2. The minimum absolute atomic E-state index is 0.354. The highest BCUT2D eigenvalue weighted by atomic mass is 16.5. The van der Waals surface area contributed by atoms with Gasteiger partial charge >= 0.3 is 0 Å². The van der Waals surface area contributed by atoms with Crippen molar-refractivity contribution in [3.8, 4) is 11.8 Å². The molecule has 0 radical (unpaired) electrons. The van der Waals surface area contributed by atoms with Crippen molar-refractivity contribution < 1.29 is 4.74 Å². The van der Waals surface area contributed by atoms with Crippen LogP contribution in [-0.2, 0) is 0 Å². The van der Waals surface area contributed by atoms with Crippen molar-refractivity contribution in [1.82, 2.24) is 9.97 Å². The fourth-order valence-electron chi connectivity index (χ4n) is 3.77. The lowest BCUT2D eigenvalue weighted by Crippen LogP contribution is -2.35. The second-order valence-electron chi connectivity index (χ2n) is 7.32. The molecule has 0 amide bonds. The summed E-state index contributed by atoms with van der Waals surface area (Å²) >= 11 is 0. The molecule has 1 aliphatic heterocycles. The Kier molecular flexibility index (Phi) is 4.68. The van der Waals surface area contributed by atoms with Gasteiger partial charge in [0.15, 0.2) is 5.75 Å². The number of hydrogen-bond donors (Lipinski definition) is 2. The Morgan fingerprint density at radius 3 is 2.93 bits per heavy atom. The highest BCUT2D eigenvalue weighted by Gasteiger charge is 2.28. The Bertz CT molecular complexity index is 890. The molecule has 2 aliphatic rings. The molecule has 6 nitrogen and oxygen atoms in total. The van der Waals surface area contributed by atoms with E-state index >= 15 is 0 Å². The van der Waals surface area contributed by atoms with E-state index in [2.05, 4.69) is 40.5 Å². The number of fused-ring (bicyclic) bond motifs is 1. The van der Waals surface area contributed by atoms with E-state index in [1.54, 1.807) is 12.3 Å². The third-order valence-electron chi connectivity index (χ3n) is 5.62. The molecule has 1 aromatic carbocycles. The predicted octanol–water partition coefficient (Wildman–Crippen LogP) is 4.41. The minimum Gasteiger partial charge on any atom is -0.437 e. The van der Waals surface area contributed by atoms with Gasteiger partial charge in [-0.2, -0.15) is 5.26 Å². The first-order valence-corrected chi connectivity index (χ1v) is 9.44. The number of benzene rings is 1. The molecule has 1 fully saturated rings. The fraction of sp³-hybridized carbons (Fsp3) is 0.381. The van der Waals surface area contributed by atoms with Gasteiger partial charge in [-0.25, -0.2) is 9.97 Å². The second-order valence-corrected chi connectivity index (χ2v) is 7.32. The number of anilines is 2. The van der Waals surface area contributed by atoms with Crippen LogP contribution in [-0.4, -0.2) is 16.0 Å². The van der Waals surface area contributed by atoms with Gasteiger partial charge in [0.2, 0.25) is 11.8 Å². The lowest BCUT2D eigenvalue weighted by molar-refractivity contribution is 0.252. The maximum Gasteiger partial charge on any atom is 0.223 e. The predicted molar refractivity (Wildman–Crippen MR) is 105 cm³/mol.